The highest BCUT2D eigenvalue weighted by atomic mass is 35.5. The van der Waals surface area contributed by atoms with Gasteiger partial charge in [-0.05, 0) is 18.5 Å². The Morgan fingerprint density at radius 3 is 2.33 bits per heavy atom. The molecule has 1 aliphatic heterocycles. The molecule has 1 aliphatic rings. The Labute approximate surface area is 111 Å². The smallest absolute Gasteiger partial charge is 0.409 e. The van der Waals surface area contributed by atoms with E-state index in [0.717, 1.165) is 0 Å². The van der Waals surface area contributed by atoms with Gasteiger partial charge in [-0.3, -0.25) is 4.99 Å². The summed E-state index contributed by atoms with van der Waals surface area (Å²) in [6, 6.07) is 0. The highest BCUT2D eigenvalue weighted by molar-refractivity contribution is 6.65. The van der Waals surface area contributed by atoms with Crippen LogP contribution in [0.1, 0.15) is 6.92 Å². The molecule has 1 heterocycles. The molecular weight excluding hydrogens is 258 g/mol. The lowest BCUT2D eigenvalue weighted by Gasteiger charge is -2.34. The zero-order chi connectivity index (χ0) is 13.5. The van der Waals surface area contributed by atoms with Gasteiger partial charge in [-0.25, -0.2) is 4.79 Å². The van der Waals surface area contributed by atoms with Crippen molar-refractivity contribution in [3.63, 3.8) is 0 Å². The molecule has 1 amide bonds. The standard InChI is InChI=1S/C10H18ClN5O2/c1-3-18-10(17)16-6-4-15(5-7-16)9(13-2)14-8(11)12/h3-7H2,1-2H3,(H2,12,13,14). The van der Waals surface area contributed by atoms with E-state index in [0.29, 0.717) is 38.7 Å². The van der Waals surface area contributed by atoms with Crippen LogP contribution in [0.4, 0.5) is 4.79 Å². The molecule has 18 heavy (non-hydrogen) atoms. The molecule has 1 fully saturated rings. The Kier molecular flexibility index (Phi) is 5.70. The highest BCUT2D eigenvalue weighted by Gasteiger charge is 2.23. The molecule has 8 heteroatoms. The van der Waals surface area contributed by atoms with Crippen LogP contribution < -0.4 is 5.73 Å². The van der Waals surface area contributed by atoms with Crippen LogP contribution in [0.15, 0.2) is 9.98 Å². The molecule has 0 aromatic heterocycles. The van der Waals surface area contributed by atoms with Gasteiger partial charge in [-0.2, -0.15) is 4.99 Å². The van der Waals surface area contributed by atoms with Crippen LogP contribution in [-0.2, 0) is 4.74 Å². The minimum absolute atomic E-state index is 0.0524. The first-order valence-electron chi connectivity index (χ1n) is 5.71. The van der Waals surface area contributed by atoms with Crippen molar-refractivity contribution >= 4 is 28.9 Å². The summed E-state index contributed by atoms with van der Waals surface area (Å²) in [5.74, 6) is 0.478. The van der Waals surface area contributed by atoms with Crippen molar-refractivity contribution in [1.29, 1.82) is 0 Å². The number of amidine groups is 1. The monoisotopic (exact) mass is 275 g/mol. The lowest BCUT2D eigenvalue weighted by Crippen LogP contribution is -2.50. The molecule has 1 saturated heterocycles. The normalized spacial score (nSPS) is 17.9. The fraction of sp³-hybridized carbons (Fsp3) is 0.700. The molecule has 0 saturated carbocycles. The molecular formula is C10H18ClN5O2. The third-order valence-corrected chi connectivity index (χ3v) is 2.58. The second kappa shape index (κ2) is 7.05. The number of nitrogens with two attached hydrogens (primary N) is 1. The average Bonchev–Trinajstić information content (AvgIpc) is 2.36. The maximum absolute atomic E-state index is 11.5. The topological polar surface area (TPSA) is 83.5 Å². The number of piperazine rings is 1. The number of halogens is 1. The average molecular weight is 276 g/mol. The van der Waals surface area contributed by atoms with Crippen molar-refractivity contribution in [2.45, 2.75) is 6.92 Å². The maximum atomic E-state index is 11.5. The number of carbonyl (C=O) groups is 1. The number of aliphatic imine (C=N–C) groups is 2. The van der Waals surface area contributed by atoms with Gasteiger partial charge in [0, 0.05) is 33.2 Å². The number of amides is 1. The van der Waals surface area contributed by atoms with Crippen LogP contribution in [0.5, 0.6) is 0 Å². The lowest BCUT2D eigenvalue weighted by atomic mass is 10.3. The minimum Gasteiger partial charge on any atom is -0.450 e. The molecule has 0 atom stereocenters. The Morgan fingerprint density at radius 1 is 1.33 bits per heavy atom. The number of rotatable bonds is 1. The summed E-state index contributed by atoms with van der Waals surface area (Å²) in [5, 5.41) is -0.0524. The number of carbonyl (C=O) groups excluding carboxylic acids is 1. The first-order chi connectivity index (χ1) is 8.58. The zero-order valence-electron chi connectivity index (χ0n) is 10.6. The van der Waals surface area contributed by atoms with E-state index in [4.69, 9.17) is 22.1 Å². The number of hydrogen-bond donors (Lipinski definition) is 1. The molecule has 0 aromatic carbocycles. The van der Waals surface area contributed by atoms with E-state index < -0.39 is 0 Å². The van der Waals surface area contributed by atoms with Crippen molar-refractivity contribution in [3.8, 4) is 0 Å². The van der Waals surface area contributed by atoms with Crippen molar-refractivity contribution < 1.29 is 9.53 Å². The molecule has 0 aromatic rings. The van der Waals surface area contributed by atoms with Crippen molar-refractivity contribution in [1.82, 2.24) is 9.80 Å². The summed E-state index contributed by atoms with van der Waals surface area (Å²) in [5.41, 5.74) is 5.31. The van der Waals surface area contributed by atoms with Crippen LogP contribution in [0.3, 0.4) is 0 Å². The van der Waals surface area contributed by atoms with Gasteiger partial charge in [0.1, 0.15) is 0 Å². The molecule has 0 unspecified atom stereocenters. The summed E-state index contributed by atoms with van der Waals surface area (Å²) >= 11 is 5.53. The molecule has 102 valence electrons. The third-order valence-electron chi connectivity index (χ3n) is 2.50. The molecule has 2 N–H and O–H groups in total. The fourth-order valence-corrected chi connectivity index (χ4v) is 1.74. The van der Waals surface area contributed by atoms with Crippen LogP contribution in [0.25, 0.3) is 0 Å². The molecule has 0 radical (unpaired) electrons. The maximum Gasteiger partial charge on any atom is 0.409 e. The summed E-state index contributed by atoms with van der Waals surface area (Å²) in [6.45, 7) is 4.55. The van der Waals surface area contributed by atoms with E-state index in [-0.39, 0.29) is 11.4 Å². The van der Waals surface area contributed by atoms with Gasteiger partial charge in [0.2, 0.25) is 5.96 Å². The SMILES string of the molecule is CCOC(=O)N1CCN(C(N=C(N)Cl)=NC)CC1. The number of ether oxygens (including phenoxy) is 1. The van der Waals surface area contributed by atoms with Gasteiger partial charge in [0.25, 0.3) is 0 Å². The third kappa shape index (κ3) is 4.06. The summed E-state index contributed by atoms with van der Waals surface area (Å²) in [4.78, 5) is 23.0. The van der Waals surface area contributed by atoms with E-state index in [1.807, 2.05) is 4.90 Å². The first-order valence-corrected chi connectivity index (χ1v) is 6.09. The van der Waals surface area contributed by atoms with Crippen LogP contribution in [-0.4, -0.2) is 67.0 Å². The predicted octanol–water partition coefficient (Wildman–Crippen LogP) is 0.300. The Morgan fingerprint density at radius 2 is 1.89 bits per heavy atom. The summed E-state index contributed by atoms with van der Waals surface area (Å²) < 4.78 is 4.94. The second-order valence-electron chi connectivity index (χ2n) is 3.63. The largest absolute Gasteiger partial charge is 0.450 e. The predicted molar refractivity (Wildman–Crippen MR) is 71.0 cm³/mol. The Bertz CT molecular complexity index is 346. The van der Waals surface area contributed by atoms with Gasteiger partial charge in [0.15, 0.2) is 5.29 Å². The van der Waals surface area contributed by atoms with E-state index in [1.54, 1.807) is 18.9 Å². The van der Waals surface area contributed by atoms with Gasteiger partial charge in [0.05, 0.1) is 6.61 Å². The molecule has 7 nitrogen and oxygen atoms in total. The zero-order valence-corrected chi connectivity index (χ0v) is 11.4. The summed E-state index contributed by atoms with van der Waals surface area (Å²) in [7, 11) is 1.62. The van der Waals surface area contributed by atoms with E-state index in [1.165, 1.54) is 0 Å². The van der Waals surface area contributed by atoms with Crippen LogP contribution in [0.2, 0.25) is 0 Å². The molecule has 0 bridgehead atoms. The van der Waals surface area contributed by atoms with E-state index >= 15 is 0 Å². The minimum atomic E-state index is -0.285. The fourth-order valence-electron chi connectivity index (χ4n) is 1.66. The van der Waals surface area contributed by atoms with Crippen molar-refractivity contribution in [2.75, 3.05) is 39.8 Å². The molecule has 0 aliphatic carbocycles. The highest BCUT2D eigenvalue weighted by Crippen LogP contribution is 2.05. The van der Waals surface area contributed by atoms with Crippen molar-refractivity contribution in [2.24, 2.45) is 15.7 Å². The van der Waals surface area contributed by atoms with Gasteiger partial charge in [-0.15, -0.1) is 0 Å². The number of nitrogens with zero attached hydrogens (tertiary/aromatic N) is 4. The van der Waals surface area contributed by atoms with Gasteiger partial charge in [-0.1, -0.05) is 0 Å². The van der Waals surface area contributed by atoms with E-state index in [2.05, 4.69) is 9.98 Å². The summed E-state index contributed by atoms with van der Waals surface area (Å²) in [6.07, 6.45) is -0.285. The molecule has 0 spiro atoms. The Balaban J connectivity index is 2.53. The van der Waals surface area contributed by atoms with Crippen molar-refractivity contribution in [3.05, 3.63) is 0 Å². The lowest BCUT2D eigenvalue weighted by molar-refractivity contribution is 0.0918. The Hall–Kier alpha value is -1.50. The van der Waals surface area contributed by atoms with Crippen LogP contribution >= 0.6 is 11.6 Å². The van der Waals surface area contributed by atoms with Crippen LogP contribution in [0, 0.1) is 0 Å². The second-order valence-corrected chi connectivity index (χ2v) is 4.02. The van der Waals surface area contributed by atoms with E-state index in [9.17, 15) is 4.79 Å². The molecule has 1 rings (SSSR count). The quantitative estimate of drug-likeness (QED) is 0.424. The van der Waals surface area contributed by atoms with Gasteiger partial charge >= 0.3 is 6.09 Å². The number of hydrogen-bond acceptors (Lipinski definition) is 3. The number of guanidine groups is 1. The van der Waals surface area contributed by atoms with Gasteiger partial charge < -0.3 is 20.3 Å². The first kappa shape index (κ1) is 14.6.